The van der Waals surface area contributed by atoms with Crippen LogP contribution in [-0.4, -0.2) is 23.2 Å². The topological polar surface area (TPSA) is 64.8 Å². The van der Waals surface area contributed by atoms with Gasteiger partial charge in [0, 0.05) is 18.0 Å². The zero-order valence-corrected chi connectivity index (χ0v) is 12.9. The largest absolute Gasteiger partial charge is 0.268 e. The summed E-state index contributed by atoms with van der Waals surface area (Å²) in [5, 5.41) is 3.74. The van der Waals surface area contributed by atoms with Crippen LogP contribution in [0.4, 0.5) is 4.39 Å². The zero-order chi connectivity index (χ0) is 16.3. The number of hydrogen-bond acceptors (Lipinski definition) is 4. The summed E-state index contributed by atoms with van der Waals surface area (Å²) in [4.78, 5) is 3.72. The van der Waals surface area contributed by atoms with Crippen molar-refractivity contribution in [2.24, 2.45) is 0 Å². The summed E-state index contributed by atoms with van der Waals surface area (Å²) in [6.07, 6.45) is 3.95. The number of hydrogen-bond donors (Lipinski definition) is 0. The fourth-order valence-electron chi connectivity index (χ4n) is 2.15. The highest BCUT2D eigenvalue weighted by atomic mass is 32.2. The molecule has 0 amide bonds. The molecule has 3 rings (SSSR count). The Morgan fingerprint density at radius 2 is 1.83 bits per heavy atom. The first kappa shape index (κ1) is 15.4. The van der Waals surface area contributed by atoms with Crippen LogP contribution in [0.2, 0.25) is 0 Å². The van der Waals surface area contributed by atoms with Gasteiger partial charge in [0.2, 0.25) is 15.3 Å². The molecule has 2 aromatic heterocycles. The molecule has 0 aliphatic heterocycles. The standard InChI is InChI=1S/C16H14FN3O2S/c17-16(23(21,22)15-8-4-5-9-18-15)14-10-19-20(12-14)11-13-6-2-1-3-7-13/h1-10,12,16H,11H2. The number of alkyl halides is 1. The molecule has 2 heterocycles. The van der Waals surface area contributed by atoms with E-state index in [1.165, 1.54) is 35.4 Å². The summed E-state index contributed by atoms with van der Waals surface area (Å²) < 4.78 is 40.4. The summed E-state index contributed by atoms with van der Waals surface area (Å²) in [5.74, 6) is 0. The Hall–Kier alpha value is -2.54. The highest BCUT2D eigenvalue weighted by Gasteiger charge is 2.31. The quantitative estimate of drug-likeness (QED) is 0.721. The number of halogens is 1. The van der Waals surface area contributed by atoms with Crippen molar-refractivity contribution in [2.45, 2.75) is 17.1 Å². The third-order valence-electron chi connectivity index (χ3n) is 3.30. The molecule has 1 atom stereocenters. The average Bonchev–Trinajstić information content (AvgIpc) is 3.04. The minimum atomic E-state index is -4.18. The fraction of sp³-hybridized carbons (Fsp3) is 0.125. The Labute approximate surface area is 133 Å². The molecule has 23 heavy (non-hydrogen) atoms. The monoisotopic (exact) mass is 331 g/mol. The molecular weight excluding hydrogens is 317 g/mol. The lowest BCUT2D eigenvalue weighted by molar-refractivity contribution is 0.429. The average molecular weight is 331 g/mol. The van der Waals surface area contributed by atoms with Gasteiger partial charge in [-0.05, 0) is 17.7 Å². The molecule has 0 fully saturated rings. The maximum atomic E-state index is 14.5. The lowest BCUT2D eigenvalue weighted by atomic mass is 10.2. The van der Waals surface area contributed by atoms with E-state index in [9.17, 15) is 12.8 Å². The van der Waals surface area contributed by atoms with Gasteiger partial charge in [0.15, 0.2) is 5.03 Å². The molecule has 0 saturated heterocycles. The fourth-order valence-corrected chi connectivity index (χ4v) is 3.32. The van der Waals surface area contributed by atoms with E-state index in [4.69, 9.17) is 0 Å². The Kier molecular flexibility index (Phi) is 4.20. The number of rotatable bonds is 5. The number of aromatic nitrogens is 3. The van der Waals surface area contributed by atoms with Crippen LogP contribution < -0.4 is 0 Å². The highest BCUT2D eigenvalue weighted by molar-refractivity contribution is 7.91. The third kappa shape index (κ3) is 3.29. The number of sulfone groups is 1. The van der Waals surface area contributed by atoms with Crippen molar-refractivity contribution in [1.82, 2.24) is 14.8 Å². The Bertz CT molecular complexity index is 880. The number of pyridine rings is 1. The maximum Gasteiger partial charge on any atom is 0.234 e. The van der Waals surface area contributed by atoms with Gasteiger partial charge in [0.1, 0.15) is 0 Å². The SMILES string of the molecule is O=S(=O)(c1ccccn1)C(F)c1cnn(Cc2ccccc2)c1. The van der Waals surface area contributed by atoms with Gasteiger partial charge in [0.25, 0.3) is 0 Å². The molecule has 0 aliphatic carbocycles. The highest BCUT2D eigenvalue weighted by Crippen LogP contribution is 2.28. The molecule has 1 aromatic carbocycles. The molecular formula is C16H14FN3O2S. The van der Waals surface area contributed by atoms with E-state index in [0.29, 0.717) is 6.54 Å². The van der Waals surface area contributed by atoms with E-state index >= 15 is 0 Å². The second kappa shape index (κ2) is 6.29. The van der Waals surface area contributed by atoms with Crippen LogP contribution in [0.25, 0.3) is 0 Å². The first-order valence-corrected chi connectivity index (χ1v) is 8.47. The van der Waals surface area contributed by atoms with Gasteiger partial charge in [-0.3, -0.25) is 4.68 Å². The Balaban J connectivity index is 1.83. The normalized spacial score (nSPS) is 12.9. The minimum Gasteiger partial charge on any atom is -0.268 e. The molecule has 3 aromatic rings. The van der Waals surface area contributed by atoms with Crippen LogP contribution in [0.15, 0.2) is 72.1 Å². The Morgan fingerprint density at radius 1 is 1.09 bits per heavy atom. The van der Waals surface area contributed by atoms with Gasteiger partial charge in [-0.2, -0.15) is 5.10 Å². The minimum absolute atomic E-state index is 0.00779. The third-order valence-corrected chi connectivity index (χ3v) is 4.95. The van der Waals surface area contributed by atoms with Crippen molar-refractivity contribution in [3.63, 3.8) is 0 Å². The van der Waals surface area contributed by atoms with E-state index < -0.39 is 15.3 Å². The van der Waals surface area contributed by atoms with Crippen LogP contribution in [-0.2, 0) is 16.4 Å². The zero-order valence-electron chi connectivity index (χ0n) is 12.1. The molecule has 0 aliphatic rings. The van der Waals surface area contributed by atoms with Crippen molar-refractivity contribution in [1.29, 1.82) is 0 Å². The predicted molar refractivity (Wildman–Crippen MR) is 83.0 cm³/mol. The lowest BCUT2D eigenvalue weighted by Gasteiger charge is -2.07. The van der Waals surface area contributed by atoms with Crippen LogP contribution in [0.1, 0.15) is 16.6 Å². The second-order valence-corrected chi connectivity index (χ2v) is 6.91. The summed E-state index contributed by atoms with van der Waals surface area (Å²) in [7, 11) is -4.18. The predicted octanol–water partition coefficient (Wildman–Crippen LogP) is 2.77. The number of nitrogens with zero attached hydrogens (tertiary/aromatic N) is 3. The first-order valence-electron chi connectivity index (χ1n) is 6.92. The van der Waals surface area contributed by atoms with Gasteiger partial charge in [-0.1, -0.05) is 36.4 Å². The summed E-state index contributed by atoms with van der Waals surface area (Å²) in [5.41, 5.74) is -1.21. The van der Waals surface area contributed by atoms with Crippen molar-refractivity contribution >= 4 is 9.84 Å². The smallest absolute Gasteiger partial charge is 0.234 e. The van der Waals surface area contributed by atoms with Crippen LogP contribution >= 0.6 is 0 Å². The van der Waals surface area contributed by atoms with Crippen LogP contribution in [0.3, 0.4) is 0 Å². The van der Waals surface area contributed by atoms with Crippen molar-refractivity contribution in [3.8, 4) is 0 Å². The molecule has 1 unspecified atom stereocenters. The van der Waals surface area contributed by atoms with Gasteiger partial charge < -0.3 is 0 Å². The van der Waals surface area contributed by atoms with Crippen LogP contribution in [0.5, 0.6) is 0 Å². The van der Waals surface area contributed by atoms with Gasteiger partial charge in [-0.25, -0.2) is 17.8 Å². The maximum absolute atomic E-state index is 14.5. The number of benzene rings is 1. The molecule has 0 N–H and O–H groups in total. The van der Waals surface area contributed by atoms with Gasteiger partial charge >= 0.3 is 0 Å². The van der Waals surface area contributed by atoms with E-state index in [2.05, 4.69) is 10.1 Å². The Morgan fingerprint density at radius 3 is 2.52 bits per heavy atom. The molecule has 0 radical (unpaired) electrons. The first-order chi connectivity index (χ1) is 11.1. The lowest BCUT2D eigenvalue weighted by Crippen LogP contribution is -2.10. The van der Waals surface area contributed by atoms with Crippen molar-refractivity contribution in [2.75, 3.05) is 0 Å². The van der Waals surface area contributed by atoms with E-state index in [-0.39, 0.29) is 10.6 Å². The van der Waals surface area contributed by atoms with E-state index in [1.54, 1.807) is 6.07 Å². The van der Waals surface area contributed by atoms with Crippen molar-refractivity contribution < 1.29 is 12.8 Å². The summed E-state index contributed by atoms with van der Waals surface area (Å²) in [6, 6.07) is 13.9. The van der Waals surface area contributed by atoms with Crippen LogP contribution in [0, 0.1) is 0 Å². The summed E-state index contributed by atoms with van der Waals surface area (Å²) >= 11 is 0. The van der Waals surface area contributed by atoms with E-state index in [1.807, 2.05) is 30.3 Å². The molecule has 0 bridgehead atoms. The molecule has 5 nitrogen and oxygen atoms in total. The molecule has 0 spiro atoms. The van der Waals surface area contributed by atoms with Crippen molar-refractivity contribution in [3.05, 3.63) is 78.2 Å². The van der Waals surface area contributed by atoms with Gasteiger partial charge in [0.05, 0.1) is 12.7 Å². The molecule has 7 heteroatoms. The summed E-state index contributed by atoms with van der Waals surface area (Å²) in [6.45, 7) is 0.442. The molecule has 0 saturated carbocycles. The van der Waals surface area contributed by atoms with E-state index in [0.717, 1.165) is 5.56 Å². The van der Waals surface area contributed by atoms with Gasteiger partial charge in [-0.15, -0.1) is 0 Å². The molecule has 118 valence electrons. The second-order valence-electron chi connectivity index (χ2n) is 4.99.